The van der Waals surface area contributed by atoms with E-state index in [-0.39, 0.29) is 6.04 Å². The number of benzene rings is 2. The second-order valence-electron chi connectivity index (χ2n) is 5.28. The molecule has 4 heteroatoms. The summed E-state index contributed by atoms with van der Waals surface area (Å²) < 4.78 is 5.79. The van der Waals surface area contributed by atoms with E-state index < -0.39 is 0 Å². The molecule has 0 saturated carbocycles. The maximum atomic E-state index is 5.95. The molecule has 0 bridgehead atoms. The van der Waals surface area contributed by atoms with Crippen LogP contribution in [0.15, 0.2) is 36.4 Å². The molecule has 0 aliphatic rings. The van der Waals surface area contributed by atoms with Gasteiger partial charge in [-0.2, -0.15) is 0 Å². The van der Waals surface area contributed by atoms with Gasteiger partial charge >= 0.3 is 0 Å². The summed E-state index contributed by atoms with van der Waals surface area (Å²) in [5.41, 5.74) is 7.72. The molecule has 0 amide bonds. The highest BCUT2D eigenvalue weighted by Crippen LogP contribution is 2.23. The molecule has 2 aromatic carbocycles. The van der Waals surface area contributed by atoms with Gasteiger partial charge < -0.3 is 4.74 Å². The smallest absolute Gasteiger partial charge is 0.120 e. The molecule has 3 N–H and O–H groups in total. The molecule has 21 heavy (non-hydrogen) atoms. The van der Waals surface area contributed by atoms with Crippen molar-refractivity contribution in [2.75, 3.05) is 6.61 Å². The summed E-state index contributed by atoms with van der Waals surface area (Å²) in [6.07, 6.45) is 0. The third-order valence-electron chi connectivity index (χ3n) is 3.67. The van der Waals surface area contributed by atoms with Gasteiger partial charge in [-0.3, -0.25) is 5.84 Å². The van der Waals surface area contributed by atoms with Crippen LogP contribution < -0.4 is 16.0 Å². The van der Waals surface area contributed by atoms with E-state index in [9.17, 15) is 0 Å². The van der Waals surface area contributed by atoms with Gasteiger partial charge in [0.2, 0.25) is 0 Å². The molecule has 1 atom stereocenters. The minimum absolute atomic E-state index is 0.0664. The van der Waals surface area contributed by atoms with E-state index in [0.29, 0.717) is 11.6 Å². The molecule has 0 heterocycles. The first kappa shape index (κ1) is 15.8. The molecule has 112 valence electrons. The number of halogens is 1. The van der Waals surface area contributed by atoms with E-state index >= 15 is 0 Å². The Labute approximate surface area is 131 Å². The summed E-state index contributed by atoms with van der Waals surface area (Å²) in [5.74, 6) is 6.44. The van der Waals surface area contributed by atoms with E-state index in [1.165, 1.54) is 16.7 Å². The van der Waals surface area contributed by atoms with Crippen molar-refractivity contribution < 1.29 is 4.74 Å². The highest BCUT2D eigenvalue weighted by atomic mass is 35.5. The van der Waals surface area contributed by atoms with Crippen molar-refractivity contribution >= 4 is 11.6 Å². The van der Waals surface area contributed by atoms with Crippen LogP contribution in [0.25, 0.3) is 0 Å². The lowest BCUT2D eigenvalue weighted by molar-refractivity contribution is 0.267. The number of nitrogens with two attached hydrogens (primary N) is 1. The maximum Gasteiger partial charge on any atom is 0.120 e. The summed E-state index contributed by atoms with van der Waals surface area (Å²) in [4.78, 5) is 0. The van der Waals surface area contributed by atoms with E-state index in [1.807, 2.05) is 18.2 Å². The van der Waals surface area contributed by atoms with Gasteiger partial charge in [0.25, 0.3) is 0 Å². The molecule has 0 spiro atoms. The summed E-state index contributed by atoms with van der Waals surface area (Å²) in [7, 11) is 0. The lowest BCUT2D eigenvalue weighted by Gasteiger charge is -2.20. The van der Waals surface area contributed by atoms with Crippen molar-refractivity contribution in [1.29, 1.82) is 0 Å². The first-order chi connectivity index (χ1) is 10.0. The van der Waals surface area contributed by atoms with Crippen molar-refractivity contribution in [2.24, 2.45) is 5.84 Å². The van der Waals surface area contributed by atoms with Crippen LogP contribution in [0.5, 0.6) is 5.75 Å². The zero-order chi connectivity index (χ0) is 15.4. The lowest BCUT2D eigenvalue weighted by Crippen LogP contribution is -2.33. The number of nitrogens with one attached hydrogen (secondary N) is 1. The van der Waals surface area contributed by atoms with Gasteiger partial charge in [-0.1, -0.05) is 29.8 Å². The van der Waals surface area contributed by atoms with Crippen molar-refractivity contribution in [2.45, 2.75) is 26.8 Å². The van der Waals surface area contributed by atoms with E-state index in [4.69, 9.17) is 22.2 Å². The summed E-state index contributed by atoms with van der Waals surface area (Å²) >= 11 is 5.95. The van der Waals surface area contributed by atoms with Crippen molar-refractivity contribution in [1.82, 2.24) is 5.43 Å². The number of ether oxygens (including phenoxy) is 1. The highest BCUT2D eigenvalue weighted by Gasteiger charge is 2.14. The van der Waals surface area contributed by atoms with Crippen LogP contribution in [-0.4, -0.2) is 6.61 Å². The number of hydrazine groups is 1. The average Bonchev–Trinajstić information content (AvgIpc) is 2.45. The van der Waals surface area contributed by atoms with Crippen LogP contribution in [-0.2, 0) is 0 Å². The summed E-state index contributed by atoms with van der Waals surface area (Å²) in [5, 5.41) is 0.659. The van der Waals surface area contributed by atoms with E-state index in [0.717, 1.165) is 11.3 Å². The Morgan fingerprint density at radius 1 is 1.10 bits per heavy atom. The van der Waals surface area contributed by atoms with Gasteiger partial charge in [0.15, 0.2) is 0 Å². The van der Waals surface area contributed by atoms with E-state index in [1.54, 1.807) is 6.07 Å². The van der Waals surface area contributed by atoms with Gasteiger partial charge in [-0.05, 0) is 61.2 Å². The summed E-state index contributed by atoms with van der Waals surface area (Å²) in [6.45, 7) is 6.74. The Hall–Kier alpha value is -1.55. The molecule has 1 unspecified atom stereocenters. The van der Waals surface area contributed by atoms with Gasteiger partial charge in [0.05, 0.1) is 6.04 Å². The normalized spacial score (nSPS) is 12.2. The second kappa shape index (κ2) is 6.94. The Kier molecular flexibility index (Phi) is 5.23. The molecule has 0 saturated heterocycles. The predicted octanol–water partition coefficient (Wildman–Crippen LogP) is 3.85. The highest BCUT2D eigenvalue weighted by molar-refractivity contribution is 6.30. The van der Waals surface area contributed by atoms with Crippen molar-refractivity contribution in [3.05, 3.63) is 63.7 Å². The van der Waals surface area contributed by atoms with Crippen LogP contribution in [0.4, 0.5) is 0 Å². The quantitative estimate of drug-likeness (QED) is 0.651. The van der Waals surface area contributed by atoms with Crippen LogP contribution in [0, 0.1) is 20.8 Å². The minimum Gasteiger partial charge on any atom is -0.492 e. The van der Waals surface area contributed by atoms with E-state index in [2.05, 4.69) is 38.3 Å². The van der Waals surface area contributed by atoms with Crippen LogP contribution in [0.1, 0.15) is 28.3 Å². The molecule has 0 aliphatic heterocycles. The maximum absolute atomic E-state index is 5.95. The molecule has 2 rings (SSSR count). The monoisotopic (exact) mass is 304 g/mol. The fraction of sp³-hybridized carbons (Fsp3) is 0.294. The largest absolute Gasteiger partial charge is 0.492 e. The standard InChI is InChI=1S/C17H21ClN2O/c1-11-7-13(3)16(8-12(11)2)17(20-19)10-21-15-6-4-5-14(18)9-15/h4-9,17,20H,10,19H2,1-3H3. The Morgan fingerprint density at radius 3 is 2.48 bits per heavy atom. The van der Waals surface area contributed by atoms with Crippen molar-refractivity contribution in [3.63, 3.8) is 0 Å². The zero-order valence-corrected chi connectivity index (χ0v) is 13.4. The topological polar surface area (TPSA) is 47.3 Å². The number of hydrogen-bond donors (Lipinski definition) is 2. The lowest BCUT2D eigenvalue weighted by atomic mass is 9.96. The van der Waals surface area contributed by atoms with Crippen LogP contribution in [0.2, 0.25) is 5.02 Å². The number of hydrogen-bond acceptors (Lipinski definition) is 3. The Bertz CT molecular complexity index is 628. The van der Waals surface area contributed by atoms with Crippen LogP contribution >= 0.6 is 11.6 Å². The predicted molar refractivity (Wildman–Crippen MR) is 87.7 cm³/mol. The second-order valence-corrected chi connectivity index (χ2v) is 5.72. The van der Waals surface area contributed by atoms with Gasteiger partial charge in [0.1, 0.15) is 12.4 Å². The molecular formula is C17H21ClN2O. The minimum atomic E-state index is -0.0664. The third-order valence-corrected chi connectivity index (χ3v) is 3.91. The van der Waals surface area contributed by atoms with Crippen molar-refractivity contribution in [3.8, 4) is 5.75 Å². The van der Waals surface area contributed by atoms with Crippen LogP contribution in [0.3, 0.4) is 0 Å². The molecular weight excluding hydrogens is 284 g/mol. The van der Waals surface area contributed by atoms with Gasteiger partial charge in [-0.25, -0.2) is 5.43 Å². The van der Waals surface area contributed by atoms with Gasteiger partial charge in [-0.15, -0.1) is 0 Å². The first-order valence-electron chi connectivity index (χ1n) is 6.93. The third kappa shape index (κ3) is 3.97. The molecule has 0 radical (unpaired) electrons. The molecule has 0 aromatic heterocycles. The SMILES string of the molecule is Cc1cc(C)c(C(COc2cccc(Cl)c2)NN)cc1C. The zero-order valence-electron chi connectivity index (χ0n) is 12.6. The number of aryl methyl sites for hydroxylation is 3. The first-order valence-corrected chi connectivity index (χ1v) is 7.31. The fourth-order valence-electron chi connectivity index (χ4n) is 2.32. The molecule has 2 aromatic rings. The summed E-state index contributed by atoms with van der Waals surface area (Å²) in [6, 6.07) is 11.6. The number of rotatable bonds is 5. The van der Waals surface area contributed by atoms with Gasteiger partial charge in [0, 0.05) is 5.02 Å². The Balaban J connectivity index is 2.15. The Morgan fingerprint density at radius 2 is 1.81 bits per heavy atom. The molecule has 0 fully saturated rings. The molecule has 0 aliphatic carbocycles. The molecule has 3 nitrogen and oxygen atoms in total. The fourth-order valence-corrected chi connectivity index (χ4v) is 2.50. The average molecular weight is 305 g/mol.